The molecule has 0 aliphatic carbocycles. The molecule has 0 bridgehead atoms. The number of fused-ring (bicyclic) bond motifs is 1. The molecule has 0 unspecified atom stereocenters. The Morgan fingerprint density at radius 3 is 2.71 bits per heavy atom. The van der Waals surface area contributed by atoms with Crippen molar-refractivity contribution >= 4 is 22.3 Å². The molecule has 0 amide bonds. The summed E-state index contributed by atoms with van der Waals surface area (Å²) in [6, 6.07) is 17.8. The SMILES string of the molecule is C=C(C=C(C=CC)c1ccccc1)n1cnc2ccc(C#N)cc21. The number of aromatic nitrogens is 2. The molecule has 0 spiro atoms. The molecule has 0 atom stereocenters. The normalized spacial score (nSPS) is 11.8. The fourth-order valence-corrected chi connectivity index (χ4v) is 2.59. The Morgan fingerprint density at radius 2 is 2.00 bits per heavy atom. The number of hydrogen-bond acceptors (Lipinski definition) is 2. The van der Waals surface area contributed by atoms with E-state index in [0.717, 1.165) is 27.9 Å². The molecule has 3 aromatic rings. The first-order chi connectivity index (χ1) is 11.7. The molecule has 0 aliphatic heterocycles. The van der Waals surface area contributed by atoms with E-state index < -0.39 is 0 Å². The second-order valence-electron chi connectivity index (χ2n) is 5.39. The Balaban J connectivity index is 2.06. The molecule has 0 radical (unpaired) electrons. The van der Waals surface area contributed by atoms with Gasteiger partial charge < -0.3 is 0 Å². The summed E-state index contributed by atoms with van der Waals surface area (Å²) in [6.07, 6.45) is 7.82. The number of nitrogens with zero attached hydrogens (tertiary/aromatic N) is 3. The molecule has 2 aromatic carbocycles. The van der Waals surface area contributed by atoms with Crippen molar-refractivity contribution in [1.29, 1.82) is 5.26 Å². The summed E-state index contributed by atoms with van der Waals surface area (Å²) in [5.74, 6) is 0. The van der Waals surface area contributed by atoms with Crippen molar-refractivity contribution in [2.45, 2.75) is 6.92 Å². The number of nitriles is 1. The van der Waals surface area contributed by atoms with Crippen LogP contribution in [0.3, 0.4) is 0 Å². The second-order valence-corrected chi connectivity index (χ2v) is 5.39. The lowest BCUT2D eigenvalue weighted by Crippen LogP contribution is -1.93. The van der Waals surface area contributed by atoms with Crippen LogP contribution in [0, 0.1) is 11.3 Å². The minimum atomic E-state index is 0.609. The molecule has 116 valence electrons. The molecular formula is C21H17N3. The van der Waals surface area contributed by atoms with E-state index in [9.17, 15) is 0 Å². The second kappa shape index (κ2) is 6.80. The topological polar surface area (TPSA) is 41.6 Å². The van der Waals surface area contributed by atoms with Gasteiger partial charge in [-0.15, -0.1) is 0 Å². The number of allylic oxidation sites excluding steroid dienone is 5. The lowest BCUT2D eigenvalue weighted by atomic mass is 10.0. The van der Waals surface area contributed by atoms with Crippen LogP contribution >= 0.6 is 0 Å². The standard InChI is InChI=1S/C21H17N3/c1-3-7-19(18-8-5-4-6-9-18)12-16(2)24-15-23-20-11-10-17(14-22)13-21(20)24/h3-13,15H,2H2,1H3. The monoisotopic (exact) mass is 311 g/mol. The van der Waals surface area contributed by atoms with Crippen LogP contribution in [0.1, 0.15) is 18.1 Å². The van der Waals surface area contributed by atoms with Crippen LogP contribution in [0.5, 0.6) is 0 Å². The van der Waals surface area contributed by atoms with Gasteiger partial charge in [0.25, 0.3) is 0 Å². The fourth-order valence-electron chi connectivity index (χ4n) is 2.59. The van der Waals surface area contributed by atoms with Crippen molar-refractivity contribution < 1.29 is 0 Å². The van der Waals surface area contributed by atoms with Crippen molar-refractivity contribution in [3.8, 4) is 6.07 Å². The van der Waals surface area contributed by atoms with E-state index in [1.807, 2.05) is 54.0 Å². The van der Waals surface area contributed by atoms with Gasteiger partial charge >= 0.3 is 0 Å². The molecule has 0 fully saturated rings. The third-order valence-corrected chi connectivity index (χ3v) is 3.76. The zero-order valence-corrected chi connectivity index (χ0v) is 13.5. The third kappa shape index (κ3) is 3.04. The molecule has 0 N–H and O–H groups in total. The first-order valence-electron chi connectivity index (χ1n) is 7.69. The third-order valence-electron chi connectivity index (χ3n) is 3.76. The molecule has 0 aliphatic rings. The van der Waals surface area contributed by atoms with Gasteiger partial charge in [0.2, 0.25) is 0 Å². The summed E-state index contributed by atoms with van der Waals surface area (Å²) in [4.78, 5) is 4.39. The van der Waals surface area contributed by atoms with Crippen LogP contribution in [0.25, 0.3) is 22.3 Å². The molecule has 1 aromatic heterocycles. The fraction of sp³-hybridized carbons (Fsp3) is 0.0476. The molecule has 24 heavy (non-hydrogen) atoms. The van der Waals surface area contributed by atoms with Crippen LogP contribution in [0.4, 0.5) is 0 Å². The zero-order valence-electron chi connectivity index (χ0n) is 13.5. The van der Waals surface area contributed by atoms with Crippen molar-refractivity contribution in [2.24, 2.45) is 0 Å². The average Bonchev–Trinajstić information content (AvgIpc) is 3.05. The van der Waals surface area contributed by atoms with Gasteiger partial charge in [-0.3, -0.25) is 4.57 Å². The summed E-state index contributed by atoms with van der Waals surface area (Å²) in [5.41, 5.74) is 5.32. The van der Waals surface area contributed by atoms with Crippen LogP contribution < -0.4 is 0 Å². The van der Waals surface area contributed by atoms with Crippen molar-refractivity contribution in [2.75, 3.05) is 0 Å². The Labute approximate surface area is 141 Å². The van der Waals surface area contributed by atoms with E-state index >= 15 is 0 Å². The molecule has 3 nitrogen and oxygen atoms in total. The number of imidazole rings is 1. The summed E-state index contributed by atoms with van der Waals surface area (Å²) in [7, 11) is 0. The smallest absolute Gasteiger partial charge is 0.100 e. The van der Waals surface area contributed by atoms with Gasteiger partial charge in [0.15, 0.2) is 0 Å². The van der Waals surface area contributed by atoms with Gasteiger partial charge in [0.1, 0.15) is 6.33 Å². The first-order valence-corrected chi connectivity index (χ1v) is 7.69. The maximum Gasteiger partial charge on any atom is 0.100 e. The van der Waals surface area contributed by atoms with Gasteiger partial charge in [-0.2, -0.15) is 5.26 Å². The lowest BCUT2D eigenvalue weighted by molar-refractivity contribution is 1.14. The van der Waals surface area contributed by atoms with E-state index in [0.29, 0.717) is 5.56 Å². The highest BCUT2D eigenvalue weighted by Gasteiger charge is 2.06. The highest BCUT2D eigenvalue weighted by Crippen LogP contribution is 2.23. The van der Waals surface area contributed by atoms with E-state index in [-0.39, 0.29) is 0 Å². The number of hydrogen-bond donors (Lipinski definition) is 0. The molecule has 0 saturated carbocycles. The summed E-state index contributed by atoms with van der Waals surface area (Å²) in [5, 5.41) is 9.10. The van der Waals surface area contributed by atoms with Crippen molar-refractivity contribution in [3.63, 3.8) is 0 Å². The van der Waals surface area contributed by atoms with Crippen LogP contribution in [0.2, 0.25) is 0 Å². The van der Waals surface area contributed by atoms with Crippen LogP contribution in [-0.4, -0.2) is 9.55 Å². The summed E-state index contributed by atoms with van der Waals surface area (Å²) in [6.45, 7) is 6.17. The predicted octanol–water partition coefficient (Wildman–Crippen LogP) is 5.04. The van der Waals surface area contributed by atoms with E-state index in [1.54, 1.807) is 12.4 Å². The van der Waals surface area contributed by atoms with Gasteiger partial charge in [-0.1, -0.05) is 49.1 Å². The Morgan fingerprint density at radius 1 is 1.21 bits per heavy atom. The number of rotatable bonds is 4. The maximum absolute atomic E-state index is 9.10. The van der Waals surface area contributed by atoms with Crippen LogP contribution in [-0.2, 0) is 0 Å². The van der Waals surface area contributed by atoms with E-state index in [4.69, 9.17) is 5.26 Å². The van der Waals surface area contributed by atoms with Gasteiger partial charge in [0.05, 0.1) is 22.7 Å². The minimum absolute atomic E-state index is 0.609. The average molecular weight is 311 g/mol. The van der Waals surface area contributed by atoms with Crippen molar-refractivity contribution in [1.82, 2.24) is 9.55 Å². The molecule has 1 heterocycles. The van der Waals surface area contributed by atoms with E-state index in [1.165, 1.54) is 0 Å². The van der Waals surface area contributed by atoms with Crippen molar-refractivity contribution in [3.05, 3.63) is 90.8 Å². The molecule has 3 rings (SSSR count). The number of benzene rings is 2. The Bertz CT molecular complexity index is 983. The Kier molecular flexibility index (Phi) is 4.40. The van der Waals surface area contributed by atoms with Gasteiger partial charge in [-0.05, 0) is 42.3 Å². The first kappa shape index (κ1) is 15.5. The minimum Gasteiger partial charge on any atom is -0.299 e. The highest BCUT2D eigenvalue weighted by atomic mass is 15.0. The summed E-state index contributed by atoms with van der Waals surface area (Å²) >= 11 is 0. The Hall–Kier alpha value is -3.38. The quantitative estimate of drug-likeness (QED) is 0.633. The van der Waals surface area contributed by atoms with Gasteiger partial charge in [0, 0.05) is 5.70 Å². The van der Waals surface area contributed by atoms with E-state index in [2.05, 4.69) is 35.8 Å². The zero-order chi connectivity index (χ0) is 16.9. The van der Waals surface area contributed by atoms with Crippen LogP contribution in [0.15, 0.2) is 79.7 Å². The largest absolute Gasteiger partial charge is 0.299 e. The summed E-state index contributed by atoms with van der Waals surface area (Å²) < 4.78 is 1.91. The predicted molar refractivity (Wildman–Crippen MR) is 99.0 cm³/mol. The molecule has 0 saturated heterocycles. The maximum atomic E-state index is 9.10. The molecular weight excluding hydrogens is 294 g/mol. The molecule has 3 heteroatoms. The van der Waals surface area contributed by atoms with Gasteiger partial charge in [-0.25, -0.2) is 4.98 Å². The lowest BCUT2D eigenvalue weighted by Gasteiger charge is -2.07. The highest BCUT2D eigenvalue weighted by molar-refractivity contribution is 5.86.